The van der Waals surface area contributed by atoms with Crippen molar-refractivity contribution in [2.45, 2.75) is 0 Å². The van der Waals surface area contributed by atoms with Crippen molar-refractivity contribution in [3.05, 3.63) is 0 Å². The number of urea groups is 1. The van der Waals surface area contributed by atoms with E-state index in [2.05, 4.69) is 5.32 Å². The number of nitrogens with zero attached hydrogens (tertiary/aromatic N) is 1. The van der Waals surface area contributed by atoms with E-state index >= 15 is 0 Å². The Morgan fingerprint density at radius 1 is 1.82 bits per heavy atom. The zero-order valence-electron chi connectivity index (χ0n) is 6.29. The van der Waals surface area contributed by atoms with Gasteiger partial charge in [0.2, 0.25) is 5.91 Å². The summed E-state index contributed by atoms with van der Waals surface area (Å²) in [4.78, 5) is 23.2. The first-order chi connectivity index (χ1) is 5.25. The van der Waals surface area contributed by atoms with Crippen molar-refractivity contribution < 1.29 is 9.59 Å². The molecular weight excluding hydrogens is 164 g/mol. The lowest BCUT2D eigenvalue weighted by Gasteiger charge is -2.09. The molecule has 0 aliphatic carbocycles. The van der Waals surface area contributed by atoms with E-state index < -0.39 is 0 Å². The van der Waals surface area contributed by atoms with Crippen molar-refractivity contribution in [3.8, 4) is 0 Å². The highest BCUT2D eigenvalue weighted by Crippen LogP contribution is 2.01. The average molecular weight is 174 g/mol. The smallest absolute Gasteiger partial charge is 0.324 e. The first-order valence-electron chi connectivity index (χ1n) is 3.33. The van der Waals surface area contributed by atoms with Gasteiger partial charge in [-0.15, -0.1) is 0 Å². The number of imide groups is 1. The normalized spacial score (nSPS) is 16.8. The summed E-state index contributed by atoms with van der Waals surface area (Å²) in [5, 5.41) is 2.57. The molecule has 1 aliphatic rings. The standard InChI is InChI=1S/C6H10N2O2S/c1-11-4-5(9)8-3-2-7-6(8)10/h2-4H2,1H3,(H,7,10). The molecule has 0 saturated carbocycles. The van der Waals surface area contributed by atoms with Gasteiger partial charge in [0, 0.05) is 13.1 Å². The molecule has 0 atom stereocenters. The molecule has 0 aromatic rings. The minimum atomic E-state index is -0.260. The van der Waals surface area contributed by atoms with Crippen LogP contribution < -0.4 is 5.32 Å². The van der Waals surface area contributed by atoms with Gasteiger partial charge in [0.15, 0.2) is 0 Å². The van der Waals surface area contributed by atoms with Crippen molar-refractivity contribution >= 4 is 23.7 Å². The Morgan fingerprint density at radius 3 is 3.00 bits per heavy atom. The molecule has 4 nitrogen and oxygen atoms in total. The van der Waals surface area contributed by atoms with Crippen molar-refractivity contribution in [2.24, 2.45) is 0 Å². The van der Waals surface area contributed by atoms with E-state index in [0.717, 1.165) is 0 Å². The maximum absolute atomic E-state index is 11.1. The molecule has 1 saturated heterocycles. The Labute approximate surface area is 69.3 Å². The topological polar surface area (TPSA) is 49.4 Å². The average Bonchev–Trinajstić information content (AvgIpc) is 2.36. The quantitative estimate of drug-likeness (QED) is 0.636. The molecule has 3 amide bonds. The predicted molar refractivity (Wildman–Crippen MR) is 43.5 cm³/mol. The lowest BCUT2D eigenvalue weighted by atomic mass is 10.5. The Hall–Kier alpha value is -0.710. The number of nitrogens with one attached hydrogen (secondary N) is 1. The maximum atomic E-state index is 11.1. The molecule has 0 bridgehead atoms. The maximum Gasteiger partial charge on any atom is 0.324 e. The highest BCUT2D eigenvalue weighted by Gasteiger charge is 2.24. The zero-order valence-corrected chi connectivity index (χ0v) is 7.11. The summed E-state index contributed by atoms with van der Waals surface area (Å²) in [5.74, 6) is 0.278. The third-order valence-corrected chi connectivity index (χ3v) is 1.96. The van der Waals surface area contributed by atoms with Crippen molar-refractivity contribution in [2.75, 3.05) is 25.1 Å². The first kappa shape index (κ1) is 8.39. The van der Waals surface area contributed by atoms with E-state index in [0.29, 0.717) is 18.8 Å². The minimum absolute atomic E-state index is 0.104. The molecule has 1 N–H and O–H groups in total. The first-order valence-corrected chi connectivity index (χ1v) is 4.72. The summed E-state index contributed by atoms with van der Waals surface area (Å²) in [6, 6.07) is -0.260. The number of hydrogen-bond donors (Lipinski definition) is 1. The molecule has 0 spiro atoms. The van der Waals surface area contributed by atoms with Crippen LogP contribution in [0.5, 0.6) is 0 Å². The van der Waals surface area contributed by atoms with Gasteiger partial charge < -0.3 is 5.32 Å². The molecule has 11 heavy (non-hydrogen) atoms. The van der Waals surface area contributed by atoms with Gasteiger partial charge >= 0.3 is 6.03 Å². The van der Waals surface area contributed by atoms with Crippen LogP contribution in [0.25, 0.3) is 0 Å². The number of rotatable bonds is 2. The van der Waals surface area contributed by atoms with E-state index in [9.17, 15) is 9.59 Å². The van der Waals surface area contributed by atoms with Crippen molar-refractivity contribution in [3.63, 3.8) is 0 Å². The zero-order chi connectivity index (χ0) is 8.27. The number of thioether (sulfide) groups is 1. The number of carbonyl (C=O) groups excluding carboxylic acids is 2. The summed E-state index contributed by atoms with van der Waals surface area (Å²) >= 11 is 1.43. The van der Waals surface area contributed by atoms with Crippen molar-refractivity contribution in [1.82, 2.24) is 10.2 Å². The number of amides is 3. The fraction of sp³-hybridized carbons (Fsp3) is 0.667. The highest BCUT2D eigenvalue weighted by atomic mass is 32.2. The Morgan fingerprint density at radius 2 is 2.55 bits per heavy atom. The second-order valence-electron chi connectivity index (χ2n) is 2.21. The summed E-state index contributed by atoms with van der Waals surface area (Å²) in [6.07, 6.45) is 1.84. The van der Waals surface area contributed by atoms with Crippen LogP contribution in [-0.4, -0.2) is 41.9 Å². The van der Waals surface area contributed by atoms with Crippen LogP contribution in [0, 0.1) is 0 Å². The van der Waals surface area contributed by atoms with Gasteiger partial charge in [-0.1, -0.05) is 0 Å². The summed E-state index contributed by atoms with van der Waals surface area (Å²) < 4.78 is 0. The third-order valence-electron chi connectivity index (χ3n) is 1.43. The molecule has 1 fully saturated rings. The predicted octanol–water partition coefficient (Wildman–Crippen LogP) is -0.0988. The molecule has 1 heterocycles. The summed E-state index contributed by atoms with van der Waals surface area (Å²) in [5.41, 5.74) is 0. The third kappa shape index (κ3) is 1.86. The molecule has 0 unspecified atom stereocenters. The lowest BCUT2D eigenvalue weighted by Crippen LogP contribution is -2.35. The lowest BCUT2D eigenvalue weighted by molar-refractivity contribution is -0.124. The molecular formula is C6H10N2O2S. The Balaban J connectivity index is 2.46. The SMILES string of the molecule is CSCC(=O)N1CCNC1=O. The van der Waals surface area contributed by atoms with Crippen LogP contribution in [0.2, 0.25) is 0 Å². The van der Waals surface area contributed by atoms with Crippen LogP contribution in [0.1, 0.15) is 0 Å². The molecule has 0 radical (unpaired) electrons. The largest absolute Gasteiger partial charge is 0.336 e. The van der Waals surface area contributed by atoms with Crippen LogP contribution in [0.3, 0.4) is 0 Å². The monoisotopic (exact) mass is 174 g/mol. The van der Waals surface area contributed by atoms with Crippen LogP contribution in [0.15, 0.2) is 0 Å². The fourth-order valence-corrected chi connectivity index (χ4v) is 1.31. The highest BCUT2D eigenvalue weighted by molar-refractivity contribution is 7.99. The summed E-state index contributed by atoms with van der Waals surface area (Å²) in [6.45, 7) is 1.09. The molecule has 62 valence electrons. The number of carbonyl (C=O) groups is 2. The van der Waals surface area contributed by atoms with E-state index in [1.807, 2.05) is 6.26 Å². The molecule has 1 aliphatic heterocycles. The van der Waals surface area contributed by atoms with Gasteiger partial charge in [-0.3, -0.25) is 9.69 Å². The molecule has 0 aromatic heterocycles. The van der Waals surface area contributed by atoms with Gasteiger partial charge in [0.1, 0.15) is 0 Å². The van der Waals surface area contributed by atoms with Gasteiger partial charge in [-0.05, 0) is 6.26 Å². The fourth-order valence-electron chi connectivity index (χ4n) is 0.911. The van der Waals surface area contributed by atoms with Crippen LogP contribution in [-0.2, 0) is 4.79 Å². The minimum Gasteiger partial charge on any atom is -0.336 e. The van der Waals surface area contributed by atoms with Gasteiger partial charge in [-0.2, -0.15) is 11.8 Å². The second kappa shape index (κ2) is 3.61. The molecule has 1 rings (SSSR count). The number of hydrogen-bond acceptors (Lipinski definition) is 3. The van der Waals surface area contributed by atoms with Gasteiger partial charge in [0.25, 0.3) is 0 Å². The van der Waals surface area contributed by atoms with E-state index in [-0.39, 0.29) is 11.9 Å². The molecule has 0 aromatic carbocycles. The van der Waals surface area contributed by atoms with Crippen LogP contribution >= 0.6 is 11.8 Å². The Bertz CT molecular complexity index is 183. The van der Waals surface area contributed by atoms with E-state index in [1.54, 1.807) is 0 Å². The van der Waals surface area contributed by atoms with E-state index in [1.165, 1.54) is 16.7 Å². The van der Waals surface area contributed by atoms with E-state index in [4.69, 9.17) is 0 Å². The Kier molecular flexibility index (Phi) is 2.76. The van der Waals surface area contributed by atoms with Crippen LogP contribution in [0.4, 0.5) is 4.79 Å². The second-order valence-corrected chi connectivity index (χ2v) is 3.08. The van der Waals surface area contributed by atoms with Gasteiger partial charge in [0.05, 0.1) is 5.75 Å². The van der Waals surface area contributed by atoms with Crippen molar-refractivity contribution in [1.29, 1.82) is 0 Å². The van der Waals surface area contributed by atoms with Gasteiger partial charge in [-0.25, -0.2) is 4.79 Å². The molecule has 5 heteroatoms. The summed E-state index contributed by atoms with van der Waals surface area (Å²) in [7, 11) is 0.